The van der Waals surface area contributed by atoms with Crippen LogP contribution >= 0.6 is 23.2 Å². The van der Waals surface area contributed by atoms with E-state index in [1.807, 2.05) is 93.6 Å². The van der Waals surface area contributed by atoms with Gasteiger partial charge < -0.3 is 15.1 Å². The summed E-state index contributed by atoms with van der Waals surface area (Å²) < 4.78 is 0. The Kier molecular flexibility index (Phi) is 9.09. The molecule has 3 amide bonds. The fourth-order valence-corrected chi connectivity index (χ4v) is 5.90. The molecule has 0 radical (unpaired) electrons. The minimum Gasteiger partial charge on any atom is -0.350 e. The zero-order chi connectivity index (χ0) is 30.7. The maximum Gasteiger partial charge on any atom is 0.258 e. The van der Waals surface area contributed by atoms with E-state index in [4.69, 9.17) is 23.2 Å². The van der Waals surface area contributed by atoms with Gasteiger partial charge in [0.1, 0.15) is 6.04 Å². The first-order chi connectivity index (χ1) is 20.5. The minimum absolute atomic E-state index is 0.0570. The highest BCUT2D eigenvalue weighted by molar-refractivity contribution is 6.42. The SMILES string of the molecule is CC(C)(C)NC(=O)[C@@H](Cc1ccccc1)N(Cc1ccc(Cl)c(Cl)c1)C(=O)CCCN1C(=O)c2cccc3cccc1c23. The first-order valence-corrected chi connectivity index (χ1v) is 15.2. The van der Waals surface area contributed by atoms with Crippen molar-refractivity contribution in [3.63, 3.8) is 0 Å². The molecule has 5 rings (SSSR count). The summed E-state index contributed by atoms with van der Waals surface area (Å²) in [5.74, 6) is -0.474. The number of rotatable bonds is 10. The quantitative estimate of drug-likeness (QED) is 0.201. The Morgan fingerprint density at radius 2 is 1.60 bits per heavy atom. The fourth-order valence-electron chi connectivity index (χ4n) is 5.57. The second kappa shape index (κ2) is 12.8. The van der Waals surface area contributed by atoms with E-state index < -0.39 is 11.6 Å². The molecule has 43 heavy (non-hydrogen) atoms. The average Bonchev–Trinajstić information content (AvgIpc) is 3.24. The molecule has 0 saturated heterocycles. The van der Waals surface area contributed by atoms with Gasteiger partial charge in [-0.05, 0) is 68.0 Å². The summed E-state index contributed by atoms with van der Waals surface area (Å²) in [7, 11) is 0. The molecule has 8 heteroatoms. The van der Waals surface area contributed by atoms with Crippen LogP contribution in [0.2, 0.25) is 10.0 Å². The summed E-state index contributed by atoms with van der Waals surface area (Å²) in [6, 6.07) is 25.8. The maximum atomic E-state index is 14.0. The zero-order valence-corrected chi connectivity index (χ0v) is 26.1. The van der Waals surface area contributed by atoms with Crippen molar-refractivity contribution in [2.45, 2.75) is 58.2 Å². The normalized spacial score (nSPS) is 13.3. The number of hydrogen-bond acceptors (Lipinski definition) is 3. The Hall–Kier alpha value is -3.87. The van der Waals surface area contributed by atoms with Crippen LogP contribution < -0.4 is 10.2 Å². The average molecular weight is 617 g/mol. The van der Waals surface area contributed by atoms with Gasteiger partial charge in [-0.3, -0.25) is 14.4 Å². The van der Waals surface area contributed by atoms with Crippen molar-refractivity contribution in [2.75, 3.05) is 11.4 Å². The van der Waals surface area contributed by atoms with Crippen LogP contribution in [-0.4, -0.2) is 40.7 Å². The molecule has 1 aliphatic heterocycles. The lowest BCUT2D eigenvalue weighted by atomic mass is 10.00. The van der Waals surface area contributed by atoms with Crippen molar-refractivity contribution < 1.29 is 14.4 Å². The molecule has 1 heterocycles. The van der Waals surface area contributed by atoms with E-state index in [1.54, 1.807) is 21.9 Å². The van der Waals surface area contributed by atoms with Gasteiger partial charge in [-0.1, -0.05) is 83.9 Å². The van der Waals surface area contributed by atoms with E-state index >= 15 is 0 Å². The van der Waals surface area contributed by atoms with Crippen LogP contribution in [0, 0.1) is 0 Å². The Balaban J connectivity index is 1.40. The van der Waals surface area contributed by atoms with E-state index in [2.05, 4.69) is 5.32 Å². The number of nitrogens with zero attached hydrogens (tertiary/aromatic N) is 2. The molecule has 0 spiro atoms. The van der Waals surface area contributed by atoms with Gasteiger partial charge in [0.05, 0.1) is 15.7 Å². The molecule has 0 saturated carbocycles. The highest BCUT2D eigenvalue weighted by Crippen LogP contribution is 2.37. The summed E-state index contributed by atoms with van der Waals surface area (Å²) in [6.07, 6.45) is 0.939. The van der Waals surface area contributed by atoms with Crippen molar-refractivity contribution in [2.24, 2.45) is 0 Å². The van der Waals surface area contributed by atoms with Gasteiger partial charge in [0.2, 0.25) is 11.8 Å². The Morgan fingerprint density at radius 3 is 2.30 bits per heavy atom. The molecule has 1 aliphatic rings. The molecule has 222 valence electrons. The second-order valence-corrected chi connectivity index (χ2v) is 12.8. The molecule has 0 aliphatic carbocycles. The third-order valence-corrected chi connectivity index (χ3v) is 8.27. The summed E-state index contributed by atoms with van der Waals surface area (Å²) in [6.45, 7) is 6.32. The number of amides is 3. The number of hydrogen-bond donors (Lipinski definition) is 1. The van der Waals surface area contributed by atoms with E-state index in [0.29, 0.717) is 35.0 Å². The van der Waals surface area contributed by atoms with Crippen molar-refractivity contribution in [1.82, 2.24) is 10.2 Å². The third-order valence-electron chi connectivity index (χ3n) is 7.53. The van der Waals surface area contributed by atoms with Crippen LogP contribution in [0.5, 0.6) is 0 Å². The highest BCUT2D eigenvalue weighted by Gasteiger charge is 2.33. The molecule has 0 unspecified atom stereocenters. The molecule has 0 aromatic heterocycles. The fraction of sp³-hybridized carbons (Fsp3) is 0.286. The van der Waals surface area contributed by atoms with Crippen molar-refractivity contribution >= 4 is 57.4 Å². The van der Waals surface area contributed by atoms with Crippen LogP contribution in [0.4, 0.5) is 5.69 Å². The summed E-state index contributed by atoms with van der Waals surface area (Å²) in [5, 5.41) is 5.84. The molecule has 1 atom stereocenters. The number of anilines is 1. The maximum absolute atomic E-state index is 14.0. The van der Waals surface area contributed by atoms with Crippen LogP contribution in [-0.2, 0) is 22.6 Å². The van der Waals surface area contributed by atoms with Crippen LogP contribution in [0.15, 0.2) is 84.9 Å². The number of benzene rings is 4. The molecule has 4 aromatic rings. The smallest absolute Gasteiger partial charge is 0.258 e. The first-order valence-electron chi connectivity index (χ1n) is 14.4. The monoisotopic (exact) mass is 615 g/mol. The van der Waals surface area contributed by atoms with Crippen LogP contribution in [0.1, 0.15) is 55.1 Å². The third kappa shape index (κ3) is 7.03. The van der Waals surface area contributed by atoms with Crippen molar-refractivity contribution in [3.05, 3.63) is 112 Å². The van der Waals surface area contributed by atoms with Crippen LogP contribution in [0.3, 0.4) is 0 Å². The Morgan fingerprint density at radius 1 is 0.884 bits per heavy atom. The number of nitrogens with one attached hydrogen (secondary N) is 1. The molecule has 6 nitrogen and oxygen atoms in total. The minimum atomic E-state index is -0.769. The lowest BCUT2D eigenvalue weighted by Crippen LogP contribution is -2.54. The highest BCUT2D eigenvalue weighted by atomic mass is 35.5. The molecule has 1 N–H and O–H groups in total. The molecule has 0 fully saturated rings. The summed E-state index contributed by atoms with van der Waals surface area (Å²) in [5.41, 5.74) is 2.77. The lowest BCUT2D eigenvalue weighted by Gasteiger charge is -2.34. The van der Waals surface area contributed by atoms with Gasteiger partial charge in [-0.25, -0.2) is 0 Å². The van der Waals surface area contributed by atoms with E-state index in [9.17, 15) is 14.4 Å². The van der Waals surface area contributed by atoms with E-state index in [1.165, 1.54) is 0 Å². The van der Waals surface area contributed by atoms with Crippen LogP contribution in [0.25, 0.3) is 10.8 Å². The van der Waals surface area contributed by atoms with Crippen molar-refractivity contribution in [3.8, 4) is 0 Å². The van der Waals surface area contributed by atoms with Gasteiger partial charge in [-0.15, -0.1) is 0 Å². The second-order valence-electron chi connectivity index (χ2n) is 12.0. The molecule has 4 aromatic carbocycles. The standard InChI is InChI=1S/C35H35Cl2N3O3/c1-35(2,3)38-33(42)30(21-23-10-5-4-6-11-23)40(22-24-17-18-27(36)28(37)20-24)31(41)16-9-19-39-29-15-8-13-25-12-7-14-26(32(25)29)34(39)43/h4-8,10-15,17-18,20,30H,9,16,19,21-22H2,1-3H3,(H,38,42)/t30-/m1/s1. The molecule has 0 bridgehead atoms. The number of halogens is 2. The van der Waals surface area contributed by atoms with E-state index in [-0.39, 0.29) is 30.7 Å². The topological polar surface area (TPSA) is 69.7 Å². The van der Waals surface area contributed by atoms with Crippen molar-refractivity contribution in [1.29, 1.82) is 0 Å². The van der Waals surface area contributed by atoms with Gasteiger partial charge in [0.25, 0.3) is 5.91 Å². The molecular formula is C35H35Cl2N3O3. The molecular weight excluding hydrogens is 581 g/mol. The largest absolute Gasteiger partial charge is 0.350 e. The summed E-state index contributed by atoms with van der Waals surface area (Å²) in [4.78, 5) is 44.5. The number of carbonyl (C=O) groups excluding carboxylic acids is 3. The summed E-state index contributed by atoms with van der Waals surface area (Å²) >= 11 is 12.5. The van der Waals surface area contributed by atoms with E-state index in [0.717, 1.165) is 27.6 Å². The predicted molar refractivity (Wildman–Crippen MR) is 174 cm³/mol. The lowest BCUT2D eigenvalue weighted by molar-refractivity contribution is -0.142. The zero-order valence-electron chi connectivity index (χ0n) is 24.6. The van der Waals surface area contributed by atoms with Gasteiger partial charge in [0, 0.05) is 42.4 Å². The first kappa shape index (κ1) is 30.6. The van der Waals surface area contributed by atoms with Gasteiger partial charge in [0.15, 0.2) is 0 Å². The Bertz CT molecular complexity index is 1660. The van der Waals surface area contributed by atoms with Gasteiger partial charge >= 0.3 is 0 Å². The predicted octanol–water partition coefficient (Wildman–Crippen LogP) is 7.44. The number of carbonyl (C=O) groups is 3. The van der Waals surface area contributed by atoms with Gasteiger partial charge in [-0.2, -0.15) is 0 Å². The Labute approximate surface area is 262 Å².